The molecule has 0 bridgehead atoms. The van der Waals surface area contributed by atoms with Crippen molar-refractivity contribution in [2.24, 2.45) is 0 Å². The Balaban J connectivity index is 1.32. The van der Waals surface area contributed by atoms with Gasteiger partial charge in [-0.2, -0.15) is 0 Å². The molecule has 3 amide bonds. The minimum atomic E-state index is -0.866. The van der Waals surface area contributed by atoms with Gasteiger partial charge in [-0.3, -0.25) is 4.79 Å². The molecule has 1 heterocycles. The van der Waals surface area contributed by atoms with Gasteiger partial charge in [0.05, 0.1) is 12.2 Å². The Morgan fingerprint density at radius 3 is 2.23 bits per heavy atom. The van der Waals surface area contributed by atoms with Gasteiger partial charge in [-0.15, -0.1) is 0 Å². The highest BCUT2D eigenvalue weighted by Gasteiger charge is 2.23. The van der Waals surface area contributed by atoms with Crippen LogP contribution in [0.1, 0.15) is 76.1 Å². The van der Waals surface area contributed by atoms with Gasteiger partial charge in [0.1, 0.15) is 17.7 Å². The zero-order valence-electron chi connectivity index (χ0n) is 27.5. The molecular weight excluding hydrogens is 606 g/mol. The second-order valence-corrected chi connectivity index (χ2v) is 11.5. The monoisotopic (exact) mass is 652 g/mol. The Labute approximate surface area is 276 Å². The lowest BCUT2D eigenvalue weighted by Crippen LogP contribution is -2.38. The minimum absolute atomic E-state index is 0.187. The normalized spacial score (nSPS) is 13.6. The van der Waals surface area contributed by atoms with Crippen LogP contribution in [0.15, 0.2) is 54.6 Å². The van der Waals surface area contributed by atoms with Crippen LogP contribution >= 0.6 is 0 Å². The van der Waals surface area contributed by atoms with Crippen LogP contribution in [-0.4, -0.2) is 55.7 Å². The highest BCUT2D eigenvalue weighted by molar-refractivity contribution is 6.04. The first-order valence-corrected chi connectivity index (χ1v) is 16.6. The van der Waals surface area contributed by atoms with Crippen LogP contribution in [-0.2, 0) is 0 Å². The third kappa shape index (κ3) is 10.8. The second kappa shape index (κ2) is 18.1. The molecule has 1 aliphatic rings. The minimum Gasteiger partial charge on any atom is -0.490 e. The highest BCUT2D eigenvalue weighted by atomic mass is 19.1. The summed E-state index contributed by atoms with van der Waals surface area (Å²) in [5, 5.41) is 8.23. The van der Waals surface area contributed by atoms with Gasteiger partial charge in [0.25, 0.3) is 5.91 Å². The van der Waals surface area contributed by atoms with E-state index in [1.54, 1.807) is 42.5 Å². The summed E-state index contributed by atoms with van der Waals surface area (Å²) in [6.07, 6.45) is 6.58. The van der Waals surface area contributed by atoms with E-state index in [0.29, 0.717) is 41.8 Å². The zero-order chi connectivity index (χ0) is 33.6. The lowest BCUT2D eigenvalue weighted by atomic mass is 10.1. The van der Waals surface area contributed by atoms with Gasteiger partial charge < -0.3 is 35.1 Å². The molecule has 254 valence electrons. The van der Waals surface area contributed by atoms with Crippen LogP contribution in [0.3, 0.4) is 0 Å². The van der Waals surface area contributed by atoms with E-state index >= 15 is 0 Å². The number of nitrogens with zero attached hydrogens (tertiary/aromatic N) is 1. The fourth-order valence-electron chi connectivity index (χ4n) is 5.23. The average molecular weight is 653 g/mol. The maximum Gasteiger partial charge on any atom is 0.319 e. The van der Waals surface area contributed by atoms with E-state index in [2.05, 4.69) is 34.7 Å². The first-order chi connectivity index (χ1) is 22.8. The highest BCUT2D eigenvalue weighted by Crippen LogP contribution is 2.35. The summed E-state index contributed by atoms with van der Waals surface area (Å²) in [7, 11) is 0. The summed E-state index contributed by atoms with van der Waals surface area (Å²) in [6.45, 7) is 9.84. The van der Waals surface area contributed by atoms with Crippen LogP contribution in [0.4, 0.5) is 25.0 Å². The van der Waals surface area contributed by atoms with Gasteiger partial charge in [-0.05, 0) is 81.6 Å². The summed E-state index contributed by atoms with van der Waals surface area (Å²) in [5.74, 6) is -1.30. The second-order valence-electron chi connectivity index (χ2n) is 11.5. The number of ether oxygens (including phenoxy) is 3. The van der Waals surface area contributed by atoms with Crippen LogP contribution < -0.4 is 30.2 Å². The van der Waals surface area contributed by atoms with Crippen molar-refractivity contribution in [3.05, 3.63) is 71.8 Å². The first kappa shape index (κ1) is 35.5. The van der Waals surface area contributed by atoms with E-state index in [1.165, 1.54) is 0 Å². The fourth-order valence-corrected chi connectivity index (χ4v) is 5.23. The summed E-state index contributed by atoms with van der Waals surface area (Å²) in [5.41, 5.74) is 0.499. The molecule has 0 aromatic heterocycles. The molecule has 47 heavy (non-hydrogen) atoms. The number of unbranched alkanes of at least 4 members (excludes halogenated alkanes) is 3. The number of hydrogen-bond acceptors (Lipinski definition) is 6. The van der Waals surface area contributed by atoms with E-state index in [9.17, 15) is 18.4 Å². The lowest BCUT2D eigenvalue weighted by Gasteiger charge is -2.32. The van der Waals surface area contributed by atoms with Crippen molar-refractivity contribution in [1.29, 1.82) is 0 Å². The van der Waals surface area contributed by atoms with Gasteiger partial charge in [0.2, 0.25) is 0 Å². The Bertz CT molecular complexity index is 1460. The Morgan fingerprint density at radius 1 is 0.809 bits per heavy atom. The van der Waals surface area contributed by atoms with E-state index in [4.69, 9.17) is 14.2 Å². The molecule has 3 aromatic carbocycles. The number of halogens is 2. The summed E-state index contributed by atoms with van der Waals surface area (Å²) in [4.78, 5) is 27.4. The fraction of sp³-hybridized carbons (Fsp3) is 0.444. The van der Waals surface area contributed by atoms with Gasteiger partial charge in [0.15, 0.2) is 23.1 Å². The number of rotatable bonds is 16. The molecule has 0 spiro atoms. The van der Waals surface area contributed by atoms with E-state index in [1.807, 2.05) is 6.92 Å². The van der Waals surface area contributed by atoms with Crippen LogP contribution in [0.2, 0.25) is 0 Å². The van der Waals surface area contributed by atoms with E-state index in [-0.39, 0.29) is 17.9 Å². The van der Waals surface area contributed by atoms with Crippen molar-refractivity contribution in [3.8, 4) is 23.0 Å². The molecule has 0 atom stereocenters. The van der Waals surface area contributed by atoms with E-state index < -0.39 is 23.1 Å². The largest absolute Gasteiger partial charge is 0.490 e. The molecule has 4 rings (SSSR count). The van der Waals surface area contributed by atoms with E-state index in [0.717, 1.165) is 76.7 Å². The smallest absolute Gasteiger partial charge is 0.319 e. The molecule has 11 heteroatoms. The molecule has 0 aliphatic carbocycles. The Morgan fingerprint density at radius 2 is 1.53 bits per heavy atom. The van der Waals surface area contributed by atoms with Crippen LogP contribution in [0, 0.1) is 11.6 Å². The number of likely N-dealkylation sites (tertiary alicyclic amines) is 1. The molecule has 9 nitrogen and oxygen atoms in total. The molecule has 3 N–H and O–H groups in total. The average Bonchev–Trinajstić information content (AvgIpc) is 3.06. The maximum atomic E-state index is 15.0. The number of benzene rings is 3. The molecule has 3 aromatic rings. The predicted molar refractivity (Wildman–Crippen MR) is 180 cm³/mol. The van der Waals surface area contributed by atoms with Gasteiger partial charge in [-0.1, -0.05) is 33.1 Å². The number of anilines is 2. The zero-order valence-corrected chi connectivity index (χ0v) is 27.5. The molecule has 0 unspecified atom stereocenters. The van der Waals surface area contributed by atoms with Crippen molar-refractivity contribution in [3.63, 3.8) is 0 Å². The third-order valence-electron chi connectivity index (χ3n) is 7.83. The Hall–Kier alpha value is -4.38. The molecule has 0 saturated carbocycles. The van der Waals surface area contributed by atoms with Crippen molar-refractivity contribution >= 4 is 23.3 Å². The molecular formula is C36H46F2N4O5. The number of piperidine rings is 1. The predicted octanol–water partition coefficient (Wildman–Crippen LogP) is 8.36. The molecule has 1 fully saturated rings. The first-order valence-electron chi connectivity index (χ1n) is 16.6. The maximum absolute atomic E-state index is 15.0. The molecule has 1 aliphatic heterocycles. The Kier molecular flexibility index (Phi) is 13.7. The topological polar surface area (TPSA) is 101 Å². The van der Waals surface area contributed by atoms with Crippen molar-refractivity contribution in [2.75, 3.05) is 43.4 Å². The summed E-state index contributed by atoms with van der Waals surface area (Å²) < 4.78 is 47.4. The van der Waals surface area contributed by atoms with Gasteiger partial charge >= 0.3 is 6.03 Å². The number of carbonyl (C=O) groups is 2. The lowest BCUT2D eigenvalue weighted by molar-refractivity contribution is 0.0958. The molecule has 0 radical (unpaired) electrons. The standard InChI is InChI=1S/C36H46F2N4O5/c1-4-7-9-18-39-36(44)41-26-12-15-32(34(22-26)45-6-3)46-27-13-10-25(11-14-27)40-35(43)29-23-31(38)33(24-30(29)37)47-28-16-20-42(21-17-28)19-8-5-2/h10-15,22-24,28H,4-9,16-21H2,1-3H3,(H,40,43)(H2,39,41,44). The van der Waals surface area contributed by atoms with Crippen molar-refractivity contribution in [2.45, 2.75) is 71.8 Å². The number of hydrogen-bond donors (Lipinski definition) is 3. The van der Waals surface area contributed by atoms with Crippen LogP contribution in [0.25, 0.3) is 0 Å². The number of amides is 3. The quantitative estimate of drug-likeness (QED) is 0.135. The number of urea groups is 1. The SMILES string of the molecule is CCCCCNC(=O)Nc1ccc(Oc2ccc(NC(=O)c3cc(F)c(OC4CCN(CCCC)CC4)cc3F)cc2)c(OCC)c1. The van der Waals surface area contributed by atoms with Gasteiger partial charge in [0, 0.05) is 43.1 Å². The summed E-state index contributed by atoms with van der Waals surface area (Å²) >= 11 is 0. The summed E-state index contributed by atoms with van der Waals surface area (Å²) in [6, 6.07) is 13.0. The van der Waals surface area contributed by atoms with Crippen molar-refractivity contribution in [1.82, 2.24) is 10.2 Å². The number of nitrogens with one attached hydrogen (secondary N) is 3. The van der Waals surface area contributed by atoms with Crippen molar-refractivity contribution < 1.29 is 32.6 Å². The van der Waals surface area contributed by atoms with Crippen LogP contribution in [0.5, 0.6) is 23.0 Å². The third-order valence-corrected chi connectivity index (χ3v) is 7.83. The number of carbonyl (C=O) groups excluding carboxylic acids is 2. The van der Waals surface area contributed by atoms with Gasteiger partial charge in [-0.25, -0.2) is 13.6 Å². The molecule has 1 saturated heterocycles.